The first-order chi connectivity index (χ1) is 4.68. The predicted molar refractivity (Wildman–Crippen MR) is 32.0 cm³/mol. The van der Waals surface area contributed by atoms with E-state index in [1.54, 1.807) is 6.92 Å². The van der Waals surface area contributed by atoms with Crippen LogP contribution in [0.15, 0.2) is 9.59 Å². The van der Waals surface area contributed by atoms with E-state index in [0.717, 1.165) is 0 Å². The van der Waals surface area contributed by atoms with Crippen molar-refractivity contribution in [1.29, 1.82) is 0 Å². The summed E-state index contributed by atoms with van der Waals surface area (Å²) in [5.74, 6) is -1.11. The molecule has 5 heteroatoms. The van der Waals surface area contributed by atoms with E-state index in [4.69, 9.17) is 0 Å². The summed E-state index contributed by atoms with van der Waals surface area (Å²) >= 11 is 0. The SMILES string of the molecule is CCOc1c([O-])c(=O)c1=O.[Li+]. The van der Waals surface area contributed by atoms with E-state index in [2.05, 4.69) is 4.74 Å². The Morgan fingerprint density at radius 3 is 2.27 bits per heavy atom. The summed E-state index contributed by atoms with van der Waals surface area (Å²) in [7, 11) is 0. The third-order valence-corrected chi connectivity index (χ3v) is 1.11. The molecule has 54 valence electrons. The minimum atomic E-state index is -0.969. The van der Waals surface area contributed by atoms with Crippen LogP contribution in [0.2, 0.25) is 0 Å². The van der Waals surface area contributed by atoms with Crippen molar-refractivity contribution in [2.75, 3.05) is 6.61 Å². The van der Waals surface area contributed by atoms with E-state index in [9.17, 15) is 14.7 Å². The molecule has 0 heterocycles. The summed E-state index contributed by atoms with van der Waals surface area (Å²) in [6, 6.07) is 0. The Bertz CT molecular complexity index is 310. The molecule has 0 aliphatic rings. The third kappa shape index (κ3) is 1.47. The quantitative estimate of drug-likeness (QED) is 0.315. The van der Waals surface area contributed by atoms with Gasteiger partial charge in [-0.15, -0.1) is 0 Å². The van der Waals surface area contributed by atoms with Gasteiger partial charge in [0, 0.05) is 0 Å². The standard InChI is InChI=1S/C6H6O4.Li/c1-2-10-6-4(8)3(7)5(6)9;/h8H,2H2,1H3;/q;+1/p-1. The van der Waals surface area contributed by atoms with E-state index >= 15 is 0 Å². The molecule has 11 heavy (non-hydrogen) atoms. The third-order valence-electron chi connectivity index (χ3n) is 1.11. The Hall–Kier alpha value is -0.723. The maximum atomic E-state index is 10.4. The molecule has 0 spiro atoms. The van der Waals surface area contributed by atoms with Crippen molar-refractivity contribution in [2.24, 2.45) is 0 Å². The molecule has 0 bridgehead atoms. The van der Waals surface area contributed by atoms with Crippen LogP contribution in [0.4, 0.5) is 0 Å². The summed E-state index contributed by atoms with van der Waals surface area (Å²) < 4.78 is 4.57. The van der Waals surface area contributed by atoms with Gasteiger partial charge in [0.2, 0.25) is 5.43 Å². The van der Waals surface area contributed by atoms with Crippen molar-refractivity contribution in [3.8, 4) is 11.5 Å². The molecule has 0 N–H and O–H groups in total. The molecule has 0 saturated carbocycles. The summed E-state index contributed by atoms with van der Waals surface area (Å²) in [5.41, 5.74) is -1.77. The molecular weight excluding hydrogens is 143 g/mol. The van der Waals surface area contributed by atoms with Crippen molar-refractivity contribution in [1.82, 2.24) is 0 Å². The molecule has 0 atom stereocenters. The molecule has 0 unspecified atom stereocenters. The Morgan fingerprint density at radius 2 is 1.91 bits per heavy atom. The first kappa shape index (κ1) is 10.3. The van der Waals surface area contributed by atoms with Gasteiger partial charge < -0.3 is 9.84 Å². The van der Waals surface area contributed by atoms with Crippen LogP contribution in [0.25, 0.3) is 0 Å². The van der Waals surface area contributed by atoms with Crippen LogP contribution in [-0.2, 0) is 0 Å². The van der Waals surface area contributed by atoms with E-state index in [1.807, 2.05) is 0 Å². The van der Waals surface area contributed by atoms with E-state index in [-0.39, 0.29) is 31.2 Å². The molecule has 4 nitrogen and oxygen atoms in total. The number of rotatable bonds is 2. The molecule has 0 saturated heterocycles. The van der Waals surface area contributed by atoms with Crippen molar-refractivity contribution in [3.05, 3.63) is 20.4 Å². The van der Waals surface area contributed by atoms with Crippen LogP contribution in [0.1, 0.15) is 6.92 Å². The second-order valence-corrected chi connectivity index (χ2v) is 1.75. The normalized spacial score (nSPS) is 9.18. The van der Waals surface area contributed by atoms with Crippen LogP contribution < -0.4 is 39.6 Å². The zero-order chi connectivity index (χ0) is 7.72. The van der Waals surface area contributed by atoms with Crippen molar-refractivity contribution >= 4 is 0 Å². The van der Waals surface area contributed by atoms with Gasteiger partial charge in [0.1, 0.15) is 0 Å². The molecule has 1 aromatic carbocycles. The maximum Gasteiger partial charge on any atom is 1.00 e. The van der Waals surface area contributed by atoms with Gasteiger partial charge in [-0.1, -0.05) is 0 Å². The van der Waals surface area contributed by atoms with Crippen LogP contribution in [0.5, 0.6) is 11.5 Å². The van der Waals surface area contributed by atoms with Gasteiger partial charge in [0.25, 0.3) is 5.43 Å². The average Bonchev–Trinajstić information content (AvgIpc) is 1.98. The van der Waals surface area contributed by atoms with Crippen molar-refractivity contribution in [2.45, 2.75) is 6.92 Å². The fourth-order valence-electron chi connectivity index (χ4n) is 0.625. The predicted octanol–water partition coefficient (Wildman–Crippen LogP) is -4.24. The van der Waals surface area contributed by atoms with Crippen LogP contribution >= 0.6 is 0 Å². The summed E-state index contributed by atoms with van der Waals surface area (Å²) in [6.07, 6.45) is 0. The molecule has 0 amide bonds. The second-order valence-electron chi connectivity index (χ2n) is 1.75. The zero-order valence-corrected chi connectivity index (χ0v) is 6.34. The van der Waals surface area contributed by atoms with Gasteiger partial charge >= 0.3 is 18.9 Å². The molecule has 1 aromatic rings. The summed E-state index contributed by atoms with van der Waals surface area (Å²) in [4.78, 5) is 20.7. The minimum absolute atomic E-state index is 0. The fraction of sp³-hybridized carbons (Fsp3) is 0.333. The molecular formula is C6H5LiO4. The van der Waals surface area contributed by atoms with Gasteiger partial charge in [0.05, 0.1) is 6.61 Å². The summed E-state index contributed by atoms with van der Waals surface area (Å²) in [6.45, 7) is 1.87. The zero-order valence-electron chi connectivity index (χ0n) is 6.34. The first-order valence-corrected chi connectivity index (χ1v) is 2.81. The van der Waals surface area contributed by atoms with E-state index < -0.39 is 16.6 Å². The Morgan fingerprint density at radius 1 is 1.36 bits per heavy atom. The largest absolute Gasteiger partial charge is 1.00 e. The smallest absolute Gasteiger partial charge is 0.867 e. The molecule has 1 rings (SSSR count). The molecule has 0 radical (unpaired) electrons. The van der Waals surface area contributed by atoms with E-state index in [1.165, 1.54) is 0 Å². The summed E-state index contributed by atoms with van der Waals surface area (Å²) in [5, 5.41) is 10.4. The van der Waals surface area contributed by atoms with Crippen molar-refractivity contribution in [3.63, 3.8) is 0 Å². The Labute approximate surface area is 74.7 Å². The number of ether oxygens (including phenoxy) is 1. The van der Waals surface area contributed by atoms with Crippen LogP contribution in [0.3, 0.4) is 0 Å². The topological polar surface area (TPSA) is 66.4 Å². The minimum Gasteiger partial charge on any atom is -0.867 e. The van der Waals surface area contributed by atoms with Gasteiger partial charge in [-0.25, -0.2) is 0 Å². The Kier molecular flexibility index (Phi) is 3.37. The van der Waals surface area contributed by atoms with Gasteiger partial charge in [-0.05, 0) is 12.7 Å². The van der Waals surface area contributed by atoms with E-state index in [0.29, 0.717) is 0 Å². The fourth-order valence-corrected chi connectivity index (χ4v) is 0.625. The second kappa shape index (κ2) is 3.61. The maximum absolute atomic E-state index is 10.4. The molecule has 0 aliphatic heterocycles. The molecule has 0 fully saturated rings. The Balaban J connectivity index is 0.000001000. The van der Waals surface area contributed by atoms with Gasteiger partial charge in [0.15, 0.2) is 5.75 Å². The monoisotopic (exact) mass is 148 g/mol. The molecule has 0 aliphatic carbocycles. The average molecular weight is 148 g/mol. The number of hydrogen-bond donors (Lipinski definition) is 0. The van der Waals surface area contributed by atoms with Crippen LogP contribution in [0, 0.1) is 0 Å². The first-order valence-electron chi connectivity index (χ1n) is 2.81. The van der Waals surface area contributed by atoms with Gasteiger partial charge in [-0.3, -0.25) is 9.59 Å². The van der Waals surface area contributed by atoms with Crippen LogP contribution in [-0.4, -0.2) is 6.61 Å². The van der Waals surface area contributed by atoms with Gasteiger partial charge in [-0.2, -0.15) is 0 Å². The molecule has 0 aromatic heterocycles. The van der Waals surface area contributed by atoms with Crippen molar-refractivity contribution < 1.29 is 28.7 Å². The number of hydrogen-bond acceptors (Lipinski definition) is 4.